The third-order valence-electron chi connectivity index (χ3n) is 1.97. The molecule has 1 aromatic carbocycles. The number of hydrogen-bond acceptors (Lipinski definition) is 4. The van der Waals surface area contributed by atoms with E-state index in [2.05, 4.69) is 0 Å². The Balaban J connectivity index is 2.94. The number of nitrogen functional groups attached to an aromatic ring is 1. The minimum absolute atomic E-state index is 0.0709. The fourth-order valence-corrected chi connectivity index (χ4v) is 1.26. The maximum atomic E-state index is 10.9. The molecule has 0 saturated carbocycles. The van der Waals surface area contributed by atoms with E-state index in [9.17, 15) is 15.5 Å². The van der Waals surface area contributed by atoms with Crippen LogP contribution in [0.2, 0.25) is 0 Å². The van der Waals surface area contributed by atoms with E-state index in [4.69, 9.17) is 5.73 Å². The van der Waals surface area contributed by atoms with Crippen LogP contribution >= 0.6 is 0 Å². The van der Waals surface area contributed by atoms with E-state index < -0.39 is 0 Å². The lowest BCUT2D eigenvalue weighted by molar-refractivity contribution is -1.19. The van der Waals surface area contributed by atoms with Crippen molar-refractivity contribution in [2.45, 2.75) is 0 Å². The standard InChI is InChI=1S/C8H7N3O3/c9-7-1-2-8(12)6-4-11(14)10(13)3-5(6)7/h1-4,12H,9H2. The molecule has 0 aliphatic heterocycles. The quantitative estimate of drug-likeness (QED) is 0.252. The molecule has 6 nitrogen and oxygen atoms in total. The van der Waals surface area contributed by atoms with Crippen molar-refractivity contribution in [2.24, 2.45) is 0 Å². The Kier molecular flexibility index (Phi) is 1.57. The summed E-state index contributed by atoms with van der Waals surface area (Å²) in [6.07, 6.45) is 2.01. The van der Waals surface area contributed by atoms with Gasteiger partial charge in [-0.05, 0) is 12.1 Å². The van der Waals surface area contributed by atoms with Gasteiger partial charge in [0.05, 0.1) is 15.1 Å². The normalized spacial score (nSPS) is 10.6. The van der Waals surface area contributed by atoms with Gasteiger partial charge in [-0.15, -0.1) is 0 Å². The molecule has 2 aromatic rings. The van der Waals surface area contributed by atoms with E-state index >= 15 is 0 Å². The highest BCUT2D eigenvalue weighted by molar-refractivity contribution is 5.94. The van der Waals surface area contributed by atoms with Gasteiger partial charge in [0.1, 0.15) is 11.1 Å². The second kappa shape index (κ2) is 2.63. The lowest BCUT2D eigenvalue weighted by Crippen LogP contribution is -2.60. The van der Waals surface area contributed by atoms with Crippen molar-refractivity contribution in [1.82, 2.24) is 0 Å². The molecule has 6 heteroatoms. The van der Waals surface area contributed by atoms with Crippen LogP contribution < -0.4 is 15.4 Å². The van der Waals surface area contributed by atoms with Gasteiger partial charge in [0.25, 0.3) is 12.4 Å². The Labute approximate surface area is 78.6 Å². The van der Waals surface area contributed by atoms with Crippen LogP contribution in [-0.4, -0.2) is 5.11 Å². The number of nitrogens with two attached hydrogens (primary N) is 1. The average molecular weight is 193 g/mol. The molecule has 3 N–H and O–H groups in total. The number of fused-ring (bicyclic) bond motifs is 1. The first-order valence-electron chi connectivity index (χ1n) is 3.83. The van der Waals surface area contributed by atoms with Gasteiger partial charge in [0.2, 0.25) is 0 Å². The molecule has 1 heterocycles. The van der Waals surface area contributed by atoms with E-state index in [1.165, 1.54) is 12.1 Å². The smallest absolute Gasteiger partial charge is 0.264 e. The zero-order valence-electron chi connectivity index (χ0n) is 7.04. The van der Waals surface area contributed by atoms with Crippen LogP contribution in [0.4, 0.5) is 5.69 Å². The lowest BCUT2D eigenvalue weighted by atomic mass is 10.1. The predicted octanol–water partition coefficient (Wildman–Crippen LogP) is -0.606. The van der Waals surface area contributed by atoms with Crippen LogP contribution in [0.5, 0.6) is 5.75 Å². The Morgan fingerprint density at radius 3 is 2.29 bits per heavy atom. The number of aromatic nitrogens is 2. The molecular formula is C8H7N3O3. The highest BCUT2D eigenvalue weighted by atomic mass is 16.6. The van der Waals surface area contributed by atoms with Crippen LogP contribution in [0.3, 0.4) is 0 Å². The number of nitrogens with zero attached hydrogens (tertiary/aromatic N) is 2. The van der Waals surface area contributed by atoms with Crippen LogP contribution in [0, 0.1) is 10.4 Å². The van der Waals surface area contributed by atoms with Gasteiger partial charge in [-0.25, -0.2) is 0 Å². The van der Waals surface area contributed by atoms with Gasteiger partial charge >= 0.3 is 0 Å². The summed E-state index contributed by atoms with van der Waals surface area (Å²) in [5.74, 6) is -0.0839. The summed E-state index contributed by atoms with van der Waals surface area (Å²) < 4.78 is 0. The molecule has 0 radical (unpaired) electrons. The molecule has 0 unspecified atom stereocenters. The molecule has 0 saturated heterocycles. The summed E-state index contributed by atoms with van der Waals surface area (Å²) in [6.45, 7) is 0. The molecule has 1 aromatic heterocycles. The second-order valence-corrected chi connectivity index (χ2v) is 2.86. The average Bonchev–Trinajstić information content (AvgIpc) is 2.15. The second-order valence-electron chi connectivity index (χ2n) is 2.86. The van der Waals surface area contributed by atoms with Gasteiger partial charge in [-0.1, -0.05) is 0 Å². The minimum atomic E-state index is -0.0839. The number of rotatable bonds is 0. The maximum absolute atomic E-state index is 10.9. The van der Waals surface area contributed by atoms with E-state index in [1.807, 2.05) is 0 Å². The zero-order chi connectivity index (χ0) is 10.3. The maximum Gasteiger partial charge on any atom is 0.264 e. The van der Waals surface area contributed by atoms with Crippen LogP contribution in [0.15, 0.2) is 24.5 Å². The van der Waals surface area contributed by atoms with E-state index in [-0.39, 0.29) is 20.8 Å². The lowest BCUT2D eigenvalue weighted by Gasteiger charge is -2.02. The van der Waals surface area contributed by atoms with Gasteiger partial charge in [0.15, 0.2) is 0 Å². The summed E-state index contributed by atoms with van der Waals surface area (Å²) in [6, 6.07) is 2.83. The first-order valence-corrected chi connectivity index (χ1v) is 3.83. The number of phenolic OH excluding ortho intramolecular Hbond substituents is 1. The SMILES string of the molecule is Nc1ccc(O)c2c[n+]([O-])[n+]([O-])cc12. The molecule has 0 aliphatic rings. The summed E-state index contributed by atoms with van der Waals surface area (Å²) in [5.41, 5.74) is 5.91. The van der Waals surface area contributed by atoms with Crippen molar-refractivity contribution in [1.29, 1.82) is 0 Å². The Bertz CT molecular complexity index is 466. The molecule has 0 amide bonds. The van der Waals surface area contributed by atoms with E-state index in [0.29, 0.717) is 11.1 Å². The molecule has 0 spiro atoms. The predicted molar refractivity (Wildman–Crippen MR) is 47.9 cm³/mol. The van der Waals surface area contributed by atoms with Crippen molar-refractivity contribution in [3.63, 3.8) is 0 Å². The van der Waals surface area contributed by atoms with Crippen molar-refractivity contribution in [3.05, 3.63) is 34.9 Å². The fraction of sp³-hybridized carbons (Fsp3) is 0. The van der Waals surface area contributed by atoms with Gasteiger partial charge < -0.3 is 21.3 Å². The highest BCUT2D eigenvalue weighted by Crippen LogP contribution is 2.26. The molecule has 2 rings (SSSR count). The Morgan fingerprint density at radius 2 is 1.64 bits per heavy atom. The van der Waals surface area contributed by atoms with Crippen molar-refractivity contribution in [3.8, 4) is 5.75 Å². The molecule has 0 aliphatic carbocycles. The van der Waals surface area contributed by atoms with Gasteiger partial charge in [-0.2, -0.15) is 0 Å². The van der Waals surface area contributed by atoms with Crippen LogP contribution in [0.25, 0.3) is 10.8 Å². The topological polar surface area (TPSA) is 100 Å². The summed E-state index contributed by atoms with van der Waals surface area (Å²) in [7, 11) is 0. The van der Waals surface area contributed by atoms with Gasteiger partial charge in [-0.3, -0.25) is 0 Å². The van der Waals surface area contributed by atoms with Crippen molar-refractivity contribution < 1.29 is 14.8 Å². The number of aromatic hydroxyl groups is 1. The zero-order valence-corrected chi connectivity index (χ0v) is 7.04. The monoisotopic (exact) mass is 193 g/mol. The Morgan fingerprint density at radius 1 is 1.07 bits per heavy atom. The third-order valence-corrected chi connectivity index (χ3v) is 1.97. The molecular weight excluding hydrogens is 186 g/mol. The largest absolute Gasteiger partial charge is 0.561 e. The summed E-state index contributed by atoms with van der Waals surface area (Å²) in [5, 5.41) is 31.8. The minimum Gasteiger partial charge on any atom is -0.561 e. The molecule has 14 heavy (non-hydrogen) atoms. The van der Waals surface area contributed by atoms with E-state index in [0.717, 1.165) is 12.4 Å². The van der Waals surface area contributed by atoms with Crippen LogP contribution in [-0.2, 0) is 0 Å². The highest BCUT2D eigenvalue weighted by Gasteiger charge is 2.13. The van der Waals surface area contributed by atoms with E-state index in [1.54, 1.807) is 0 Å². The Hall–Kier alpha value is -2.24. The molecule has 0 bridgehead atoms. The molecule has 0 atom stereocenters. The summed E-state index contributed by atoms with van der Waals surface area (Å²) >= 11 is 0. The van der Waals surface area contributed by atoms with Crippen molar-refractivity contribution >= 4 is 16.5 Å². The fourth-order valence-electron chi connectivity index (χ4n) is 1.26. The first-order chi connectivity index (χ1) is 6.59. The number of phenols is 1. The number of hydrogen-bond donors (Lipinski definition) is 2. The summed E-state index contributed by atoms with van der Waals surface area (Å²) in [4.78, 5) is 0.166. The third kappa shape index (κ3) is 1.05. The first kappa shape index (κ1) is 8.36. The van der Waals surface area contributed by atoms with Gasteiger partial charge in [0, 0.05) is 5.69 Å². The molecule has 0 fully saturated rings. The van der Waals surface area contributed by atoms with Crippen molar-refractivity contribution in [2.75, 3.05) is 5.73 Å². The number of anilines is 1. The molecule has 72 valence electrons. The number of benzene rings is 1. The van der Waals surface area contributed by atoms with Crippen LogP contribution in [0.1, 0.15) is 0 Å².